The summed E-state index contributed by atoms with van der Waals surface area (Å²) in [7, 11) is 4.33. The molecule has 1 rings (SSSR count). The van der Waals surface area contributed by atoms with E-state index in [9.17, 15) is 0 Å². The van der Waals surface area contributed by atoms with Crippen molar-refractivity contribution >= 4 is 0 Å². The van der Waals surface area contributed by atoms with Crippen LogP contribution in [0, 0.1) is 0 Å². The first kappa shape index (κ1) is 20.0. The smallest absolute Gasteiger partial charge is 0.0841 e. The van der Waals surface area contributed by atoms with E-state index in [4.69, 9.17) is 4.74 Å². The third-order valence-corrected chi connectivity index (χ3v) is 4.87. The van der Waals surface area contributed by atoms with Gasteiger partial charge < -0.3 is 9.64 Å². The number of ether oxygens (including phenoxy) is 1. The van der Waals surface area contributed by atoms with Gasteiger partial charge in [0, 0.05) is 0 Å². The summed E-state index contributed by atoms with van der Waals surface area (Å²) in [4.78, 5) is 2.29. The quantitative estimate of drug-likeness (QED) is 0.264. The number of unbranched alkanes of at least 4 members (excludes halogenated alkanes) is 10. The molecule has 0 amide bonds. The van der Waals surface area contributed by atoms with Crippen molar-refractivity contribution in [2.45, 2.75) is 109 Å². The summed E-state index contributed by atoms with van der Waals surface area (Å²) in [5.74, 6) is 0. The normalized spacial score (nSPS) is 20.7. The van der Waals surface area contributed by atoms with Crippen LogP contribution in [0.5, 0.6) is 0 Å². The zero-order valence-corrected chi connectivity index (χ0v) is 15.6. The molecule has 0 saturated carbocycles. The van der Waals surface area contributed by atoms with Crippen LogP contribution in [0.25, 0.3) is 0 Å². The van der Waals surface area contributed by atoms with Crippen molar-refractivity contribution in [1.82, 2.24) is 4.90 Å². The second kappa shape index (κ2) is 13.4. The van der Waals surface area contributed by atoms with Crippen LogP contribution < -0.4 is 0 Å². The van der Waals surface area contributed by atoms with Crippen molar-refractivity contribution < 1.29 is 4.74 Å². The van der Waals surface area contributed by atoms with Gasteiger partial charge in [0.25, 0.3) is 0 Å². The molecule has 1 aliphatic heterocycles. The van der Waals surface area contributed by atoms with E-state index in [1.807, 2.05) is 0 Å². The van der Waals surface area contributed by atoms with E-state index >= 15 is 0 Å². The van der Waals surface area contributed by atoms with Gasteiger partial charge in [0.2, 0.25) is 0 Å². The molecule has 0 aromatic heterocycles. The lowest BCUT2D eigenvalue weighted by Gasteiger charge is -2.08. The first-order chi connectivity index (χ1) is 10.7. The minimum absolute atomic E-state index is 0.629. The van der Waals surface area contributed by atoms with Crippen LogP contribution in [0.4, 0.5) is 0 Å². The predicted octanol–water partition coefficient (Wildman–Crippen LogP) is 5.80. The molecule has 132 valence electrons. The Morgan fingerprint density at radius 2 is 1.09 bits per heavy atom. The first-order valence-electron chi connectivity index (χ1n) is 10.0. The Morgan fingerprint density at radius 1 is 0.636 bits per heavy atom. The minimum Gasteiger partial charge on any atom is -0.370 e. The van der Waals surface area contributed by atoms with Crippen LogP contribution in [0.15, 0.2) is 0 Å². The van der Waals surface area contributed by atoms with Gasteiger partial charge in [-0.2, -0.15) is 0 Å². The minimum atomic E-state index is 0.629. The van der Waals surface area contributed by atoms with Gasteiger partial charge in [-0.15, -0.1) is 0 Å². The maximum atomic E-state index is 5.81. The summed E-state index contributed by atoms with van der Waals surface area (Å²) in [5.41, 5.74) is 0. The van der Waals surface area contributed by atoms with Crippen LogP contribution in [0.1, 0.15) is 96.8 Å². The summed E-state index contributed by atoms with van der Waals surface area (Å²) in [6, 6.07) is 0. The Kier molecular flexibility index (Phi) is 12.1. The van der Waals surface area contributed by atoms with Crippen molar-refractivity contribution in [2.24, 2.45) is 0 Å². The van der Waals surface area contributed by atoms with Crippen LogP contribution in [-0.2, 0) is 4.74 Å². The molecule has 2 heteroatoms. The fourth-order valence-corrected chi connectivity index (χ4v) is 3.29. The lowest BCUT2D eigenvalue weighted by atomic mass is 10.0. The third-order valence-electron chi connectivity index (χ3n) is 4.87. The van der Waals surface area contributed by atoms with E-state index in [1.165, 1.54) is 96.4 Å². The first-order valence-corrected chi connectivity index (χ1v) is 10.0. The number of epoxide rings is 1. The predicted molar refractivity (Wildman–Crippen MR) is 97.5 cm³/mol. The Labute approximate surface area is 140 Å². The van der Waals surface area contributed by atoms with Crippen molar-refractivity contribution in [3.8, 4) is 0 Å². The van der Waals surface area contributed by atoms with Crippen LogP contribution >= 0.6 is 0 Å². The Bertz CT molecular complexity index is 242. The van der Waals surface area contributed by atoms with Crippen LogP contribution in [-0.4, -0.2) is 37.7 Å². The molecule has 2 nitrogen and oxygen atoms in total. The number of hydrogen-bond donors (Lipinski definition) is 0. The van der Waals surface area contributed by atoms with Gasteiger partial charge in [-0.1, -0.05) is 77.6 Å². The van der Waals surface area contributed by atoms with Gasteiger partial charge in [-0.25, -0.2) is 0 Å². The average Bonchev–Trinajstić information content (AvgIpc) is 3.23. The maximum Gasteiger partial charge on any atom is 0.0841 e. The molecule has 0 aromatic rings. The monoisotopic (exact) mass is 311 g/mol. The van der Waals surface area contributed by atoms with Gasteiger partial charge in [-0.05, 0) is 39.9 Å². The van der Waals surface area contributed by atoms with Gasteiger partial charge >= 0.3 is 0 Å². The molecule has 0 spiro atoms. The SMILES string of the molecule is CCCCCCCC[C@H]1O[C@H]1CCCCCCCCN(C)C. The summed E-state index contributed by atoms with van der Waals surface area (Å²) in [6.45, 7) is 3.53. The van der Waals surface area contributed by atoms with Crippen molar-refractivity contribution in [1.29, 1.82) is 0 Å². The van der Waals surface area contributed by atoms with Gasteiger partial charge in [0.1, 0.15) is 0 Å². The fourth-order valence-electron chi connectivity index (χ4n) is 3.29. The van der Waals surface area contributed by atoms with E-state index in [0.29, 0.717) is 12.2 Å². The highest BCUT2D eigenvalue weighted by Gasteiger charge is 2.36. The molecule has 2 atom stereocenters. The zero-order chi connectivity index (χ0) is 16.0. The van der Waals surface area contributed by atoms with E-state index in [0.717, 1.165) is 0 Å². The fraction of sp³-hybridized carbons (Fsp3) is 1.00. The van der Waals surface area contributed by atoms with E-state index in [2.05, 4.69) is 25.9 Å². The third kappa shape index (κ3) is 11.5. The van der Waals surface area contributed by atoms with Crippen LogP contribution in [0.3, 0.4) is 0 Å². The summed E-state index contributed by atoms with van der Waals surface area (Å²) in [5, 5.41) is 0. The number of rotatable bonds is 16. The summed E-state index contributed by atoms with van der Waals surface area (Å²) < 4.78 is 5.81. The largest absolute Gasteiger partial charge is 0.370 e. The molecule has 22 heavy (non-hydrogen) atoms. The zero-order valence-electron chi connectivity index (χ0n) is 15.6. The molecule has 0 N–H and O–H groups in total. The molecular formula is C20H41NO. The molecule has 0 aromatic carbocycles. The van der Waals surface area contributed by atoms with Crippen molar-refractivity contribution in [2.75, 3.05) is 20.6 Å². The molecule has 1 heterocycles. The van der Waals surface area contributed by atoms with Gasteiger partial charge in [0.05, 0.1) is 12.2 Å². The van der Waals surface area contributed by atoms with Crippen molar-refractivity contribution in [3.05, 3.63) is 0 Å². The molecule has 0 bridgehead atoms. The number of hydrogen-bond acceptors (Lipinski definition) is 2. The Morgan fingerprint density at radius 3 is 1.59 bits per heavy atom. The standard InChI is InChI=1S/C20H41NO/c1-4-5-6-7-10-13-16-19-20(22-19)17-14-11-8-9-12-15-18-21(2)3/h19-20H,4-18H2,1-3H3/t19-,20+/m1/s1. The van der Waals surface area contributed by atoms with Crippen LogP contribution in [0.2, 0.25) is 0 Å². The number of nitrogens with zero attached hydrogens (tertiary/aromatic N) is 1. The lowest BCUT2D eigenvalue weighted by Crippen LogP contribution is -2.12. The highest BCUT2D eigenvalue weighted by molar-refractivity contribution is 4.84. The summed E-state index contributed by atoms with van der Waals surface area (Å²) in [6.07, 6.45) is 20.7. The van der Waals surface area contributed by atoms with Gasteiger partial charge in [-0.3, -0.25) is 0 Å². The molecule has 0 radical (unpaired) electrons. The molecule has 1 fully saturated rings. The second-order valence-corrected chi connectivity index (χ2v) is 7.48. The highest BCUT2D eigenvalue weighted by atomic mass is 16.6. The molecule has 0 aliphatic carbocycles. The van der Waals surface area contributed by atoms with Crippen molar-refractivity contribution in [3.63, 3.8) is 0 Å². The molecular weight excluding hydrogens is 270 g/mol. The topological polar surface area (TPSA) is 15.8 Å². The molecule has 1 aliphatic rings. The molecule has 0 unspecified atom stereocenters. The summed E-state index contributed by atoms with van der Waals surface area (Å²) >= 11 is 0. The molecule has 1 saturated heterocycles. The lowest BCUT2D eigenvalue weighted by molar-refractivity contribution is 0.347. The van der Waals surface area contributed by atoms with E-state index in [1.54, 1.807) is 0 Å². The van der Waals surface area contributed by atoms with Gasteiger partial charge in [0.15, 0.2) is 0 Å². The Balaban J connectivity index is 1.75. The average molecular weight is 312 g/mol. The highest BCUT2D eigenvalue weighted by Crippen LogP contribution is 2.31. The van der Waals surface area contributed by atoms with E-state index < -0.39 is 0 Å². The maximum absolute atomic E-state index is 5.81. The second-order valence-electron chi connectivity index (χ2n) is 7.48. The Hall–Kier alpha value is -0.0800. The van der Waals surface area contributed by atoms with E-state index in [-0.39, 0.29) is 0 Å².